The highest BCUT2D eigenvalue weighted by Crippen LogP contribution is 2.17. The molecule has 4 rings (SSSR count). The monoisotopic (exact) mass is 376 g/mol. The molecule has 7 nitrogen and oxygen atoms in total. The Morgan fingerprint density at radius 1 is 1.11 bits per heavy atom. The van der Waals surface area contributed by atoms with Crippen LogP contribution in [0.5, 0.6) is 5.75 Å². The van der Waals surface area contributed by atoms with E-state index in [4.69, 9.17) is 4.74 Å². The first-order valence-electron chi connectivity index (χ1n) is 9.04. The van der Waals surface area contributed by atoms with E-state index in [9.17, 15) is 9.59 Å². The quantitative estimate of drug-likeness (QED) is 0.581. The fourth-order valence-electron chi connectivity index (χ4n) is 3.35. The second kappa shape index (κ2) is 7.19. The van der Waals surface area contributed by atoms with Crippen molar-refractivity contribution in [2.24, 2.45) is 0 Å². The van der Waals surface area contributed by atoms with Crippen molar-refractivity contribution in [2.75, 3.05) is 7.11 Å². The Labute approximate surface area is 161 Å². The number of nitrogens with one attached hydrogen (secondary N) is 1. The lowest BCUT2D eigenvalue weighted by molar-refractivity contribution is 0.0951. The van der Waals surface area contributed by atoms with Crippen LogP contribution in [-0.2, 0) is 13.1 Å². The molecule has 0 fully saturated rings. The lowest BCUT2D eigenvalue weighted by Gasteiger charge is -2.12. The average molecular weight is 376 g/mol. The van der Waals surface area contributed by atoms with Gasteiger partial charge in [-0.25, -0.2) is 4.52 Å². The maximum atomic E-state index is 12.7. The van der Waals surface area contributed by atoms with E-state index < -0.39 is 0 Å². The fourth-order valence-corrected chi connectivity index (χ4v) is 3.35. The lowest BCUT2D eigenvalue weighted by Crippen LogP contribution is -2.25. The summed E-state index contributed by atoms with van der Waals surface area (Å²) in [5, 5.41) is 7.15. The van der Waals surface area contributed by atoms with Gasteiger partial charge in [-0.3, -0.25) is 9.59 Å². The van der Waals surface area contributed by atoms with Crippen LogP contribution in [0.25, 0.3) is 16.6 Å². The summed E-state index contributed by atoms with van der Waals surface area (Å²) in [5.41, 5.74) is 3.29. The standard InChI is InChI=1S/C21H20N4O3/c1-3-24-19-12-15(7-8-17(19)25-18(21(24)27)9-10-23-25)20(26)22-13-14-5-4-6-16(11-14)28-2/h4-12H,3,13H2,1-2H3,(H,22,26). The van der Waals surface area contributed by atoms with Crippen LogP contribution in [0.3, 0.4) is 0 Å². The number of hydrogen-bond acceptors (Lipinski definition) is 4. The number of fused-ring (bicyclic) bond motifs is 3. The van der Waals surface area contributed by atoms with Gasteiger partial charge in [0.15, 0.2) is 0 Å². The molecule has 0 unspecified atom stereocenters. The molecule has 1 amide bonds. The maximum absolute atomic E-state index is 12.7. The van der Waals surface area contributed by atoms with Crippen LogP contribution in [-0.4, -0.2) is 27.2 Å². The van der Waals surface area contributed by atoms with Crippen LogP contribution in [0.1, 0.15) is 22.8 Å². The average Bonchev–Trinajstić information content (AvgIpc) is 3.22. The van der Waals surface area contributed by atoms with Gasteiger partial charge >= 0.3 is 0 Å². The van der Waals surface area contributed by atoms with E-state index in [0.29, 0.717) is 29.7 Å². The summed E-state index contributed by atoms with van der Waals surface area (Å²) >= 11 is 0. The van der Waals surface area contributed by atoms with Crippen LogP contribution < -0.4 is 15.6 Å². The zero-order valence-corrected chi connectivity index (χ0v) is 15.7. The molecule has 7 heteroatoms. The maximum Gasteiger partial charge on any atom is 0.277 e. The molecule has 2 aromatic heterocycles. The number of nitrogens with zero attached hydrogens (tertiary/aromatic N) is 3. The number of carbonyl (C=O) groups is 1. The minimum atomic E-state index is -0.208. The SMILES string of the molecule is CCn1c(=O)c2ccnn2c2ccc(C(=O)NCc3cccc(OC)c3)cc21. The van der Waals surface area contributed by atoms with Crippen molar-refractivity contribution in [2.45, 2.75) is 20.0 Å². The molecule has 4 aromatic rings. The van der Waals surface area contributed by atoms with Gasteiger partial charge in [0, 0.05) is 18.7 Å². The molecule has 0 bridgehead atoms. The van der Waals surface area contributed by atoms with E-state index in [1.54, 1.807) is 40.6 Å². The Bertz CT molecular complexity index is 1240. The van der Waals surface area contributed by atoms with Gasteiger partial charge in [0.2, 0.25) is 0 Å². The van der Waals surface area contributed by atoms with Crippen molar-refractivity contribution in [1.82, 2.24) is 19.5 Å². The summed E-state index contributed by atoms with van der Waals surface area (Å²) in [4.78, 5) is 25.3. The second-order valence-electron chi connectivity index (χ2n) is 6.42. The molecule has 142 valence electrons. The zero-order chi connectivity index (χ0) is 19.7. The Morgan fingerprint density at radius 3 is 2.75 bits per heavy atom. The largest absolute Gasteiger partial charge is 0.497 e. The Morgan fingerprint density at radius 2 is 1.96 bits per heavy atom. The summed E-state index contributed by atoms with van der Waals surface area (Å²) < 4.78 is 8.48. The molecule has 0 aliphatic heterocycles. The smallest absolute Gasteiger partial charge is 0.277 e. The van der Waals surface area contributed by atoms with Gasteiger partial charge in [-0.1, -0.05) is 12.1 Å². The van der Waals surface area contributed by atoms with Gasteiger partial charge in [0.1, 0.15) is 11.3 Å². The molecular formula is C21H20N4O3. The van der Waals surface area contributed by atoms with E-state index in [-0.39, 0.29) is 11.5 Å². The van der Waals surface area contributed by atoms with Crippen LogP contribution >= 0.6 is 0 Å². The second-order valence-corrected chi connectivity index (χ2v) is 6.42. The van der Waals surface area contributed by atoms with E-state index in [0.717, 1.165) is 16.8 Å². The van der Waals surface area contributed by atoms with Gasteiger partial charge < -0.3 is 14.6 Å². The van der Waals surface area contributed by atoms with Crippen LogP contribution in [0.15, 0.2) is 59.5 Å². The van der Waals surface area contributed by atoms with E-state index >= 15 is 0 Å². The van der Waals surface area contributed by atoms with E-state index in [2.05, 4.69) is 10.4 Å². The third-order valence-corrected chi connectivity index (χ3v) is 4.77. The first kappa shape index (κ1) is 17.8. The van der Waals surface area contributed by atoms with Crippen LogP contribution in [0.4, 0.5) is 0 Å². The Kier molecular flexibility index (Phi) is 4.57. The first-order chi connectivity index (χ1) is 13.6. The summed E-state index contributed by atoms with van der Waals surface area (Å²) in [6.45, 7) is 2.79. The topological polar surface area (TPSA) is 77.6 Å². The first-order valence-corrected chi connectivity index (χ1v) is 9.04. The molecule has 2 aromatic carbocycles. The number of rotatable bonds is 5. The minimum Gasteiger partial charge on any atom is -0.497 e. The number of aromatic nitrogens is 3. The molecule has 1 N–H and O–H groups in total. The summed E-state index contributed by atoms with van der Waals surface area (Å²) in [5.74, 6) is 0.535. The number of carbonyl (C=O) groups excluding carboxylic acids is 1. The number of hydrogen-bond donors (Lipinski definition) is 1. The van der Waals surface area contributed by atoms with Crippen molar-refractivity contribution >= 4 is 22.5 Å². The molecule has 0 atom stereocenters. The molecule has 0 saturated heterocycles. The highest BCUT2D eigenvalue weighted by Gasteiger charge is 2.13. The number of amides is 1. The molecule has 0 aliphatic rings. The number of methoxy groups -OCH3 is 1. The van der Waals surface area contributed by atoms with Gasteiger partial charge in [-0.2, -0.15) is 5.10 Å². The normalized spacial score (nSPS) is 11.1. The van der Waals surface area contributed by atoms with Gasteiger partial charge in [-0.05, 0) is 48.9 Å². The molecular weight excluding hydrogens is 356 g/mol. The third kappa shape index (κ3) is 3.00. The van der Waals surface area contributed by atoms with Crippen molar-refractivity contribution in [3.8, 4) is 5.75 Å². The molecule has 0 aliphatic carbocycles. The van der Waals surface area contributed by atoms with Crippen molar-refractivity contribution in [3.05, 3.63) is 76.2 Å². The minimum absolute atomic E-state index is 0.124. The predicted octanol–water partition coefficient (Wildman–Crippen LogP) is 2.61. The third-order valence-electron chi connectivity index (χ3n) is 4.77. The fraction of sp³-hybridized carbons (Fsp3) is 0.190. The highest BCUT2D eigenvalue weighted by atomic mass is 16.5. The number of aryl methyl sites for hydroxylation is 1. The summed E-state index contributed by atoms with van der Waals surface area (Å²) in [6, 6.07) is 14.5. The molecule has 0 saturated carbocycles. The zero-order valence-electron chi connectivity index (χ0n) is 15.7. The molecule has 2 heterocycles. The molecule has 0 spiro atoms. The summed E-state index contributed by atoms with van der Waals surface area (Å²) in [6.07, 6.45) is 1.60. The highest BCUT2D eigenvalue weighted by molar-refractivity contribution is 5.97. The van der Waals surface area contributed by atoms with Crippen molar-refractivity contribution in [3.63, 3.8) is 0 Å². The molecule has 0 radical (unpaired) electrons. The van der Waals surface area contributed by atoms with Gasteiger partial charge in [0.25, 0.3) is 11.5 Å². The lowest BCUT2D eigenvalue weighted by atomic mass is 10.1. The number of benzene rings is 2. The predicted molar refractivity (Wildman–Crippen MR) is 107 cm³/mol. The molecule has 28 heavy (non-hydrogen) atoms. The van der Waals surface area contributed by atoms with Crippen molar-refractivity contribution in [1.29, 1.82) is 0 Å². The Balaban J connectivity index is 1.68. The van der Waals surface area contributed by atoms with Crippen LogP contribution in [0, 0.1) is 0 Å². The van der Waals surface area contributed by atoms with Crippen LogP contribution in [0.2, 0.25) is 0 Å². The van der Waals surface area contributed by atoms with E-state index in [1.165, 1.54) is 0 Å². The van der Waals surface area contributed by atoms with Gasteiger partial charge in [0.05, 0.1) is 24.3 Å². The van der Waals surface area contributed by atoms with Gasteiger partial charge in [-0.15, -0.1) is 0 Å². The van der Waals surface area contributed by atoms with Crippen molar-refractivity contribution < 1.29 is 9.53 Å². The Hall–Kier alpha value is -3.61. The van der Waals surface area contributed by atoms with E-state index in [1.807, 2.05) is 37.3 Å². The number of ether oxygens (including phenoxy) is 1. The summed E-state index contributed by atoms with van der Waals surface area (Å²) in [7, 11) is 1.61.